The molecule has 0 fully saturated rings. The van der Waals surface area contributed by atoms with Gasteiger partial charge in [-0.25, -0.2) is 4.98 Å². The van der Waals surface area contributed by atoms with Gasteiger partial charge in [0.15, 0.2) is 5.78 Å². The van der Waals surface area contributed by atoms with Crippen LogP contribution in [0.4, 0.5) is 5.82 Å². The second kappa shape index (κ2) is 10.1. The number of anilines is 1. The zero-order valence-electron chi connectivity index (χ0n) is 16.7. The maximum Gasteiger partial charge on any atom is 0.257 e. The molecule has 0 radical (unpaired) electrons. The van der Waals surface area contributed by atoms with Crippen LogP contribution in [0.1, 0.15) is 38.8 Å². The minimum Gasteiger partial charge on any atom is -0.307 e. The molecule has 2 aromatic carbocycles. The molecular weight excluding hydrogens is 457 g/mol. The molecule has 3 aromatic rings. The Bertz CT molecular complexity index is 1180. The van der Waals surface area contributed by atoms with Gasteiger partial charge >= 0.3 is 0 Å². The van der Waals surface area contributed by atoms with E-state index in [0.29, 0.717) is 32.0 Å². The van der Waals surface area contributed by atoms with E-state index in [-0.39, 0.29) is 17.8 Å². The largest absolute Gasteiger partial charge is 0.307 e. The van der Waals surface area contributed by atoms with Gasteiger partial charge in [-0.15, -0.1) is 0 Å². The molecule has 3 rings (SSSR count). The molecule has 1 amide bonds. The molecule has 1 aromatic heterocycles. The molecule has 0 aliphatic carbocycles. The first kappa shape index (κ1) is 22.9. The Kier molecular flexibility index (Phi) is 7.44. The zero-order chi connectivity index (χ0) is 22.5. The summed E-state index contributed by atoms with van der Waals surface area (Å²) < 4.78 is 0. The van der Waals surface area contributed by atoms with Gasteiger partial charge in [-0.05, 0) is 54.4 Å². The van der Waals surface area contributed by atoms with Gasteiger partial charge in [0, 0.05) is 41.5 Å². The molecule has 5 nitrogen and oxygen atoms in total. The topological polar surface area (TPSA) is 71.4 Å². The number of aromatic nitrogens is 1. The van der Waals surface area contributed by atoms with Crippen molar-refractivity contribution in [1.82, 2.24) is 4.98 Å². The van der Waals surface area contributed by atoms with Crippen LogP contribution in [0.3, 0.4) is 0 Å². The first-order valence-electron chi connectivity index (χ1n) is 9.26. The lowest BCUT2D eigenvalue weighted by atomic mass is 9.97. The van der Waals surface area contributed by atoms with E-state index in [0.717, 1.165) is 11.3 Å². The number of rotatable bonds is 6. The number of amides is 1. The highest BCUT2D eigenvalue weighted by Crippen LogP contribution is 2.23. The number of halogens is 3. The minimum atomic E-state index is -0.434. The molecular formula is C23H18Cl3N3O2. The third-order valence-corrected chi connectivity index (χ3v) is 5.43. The molecule has 158 valence electrons. The summed E-state index contributed by atoms with van der Waals surface area (Å²) in [5, 5.41) is 3.85. The molecule has 0 aliphatic heterocycles. The van der Waals surface area contributed by atoms with E-state index in [4.69, 9.17) is 34.8 Å². The van der Waals surface area contributed by atoms with Crippen molar-refractivity contribution < 1.29 is 9.59 Å². The maximum absolute atomic E-state index is 12.9. The molecule has 0 spiro atoms. The second-order valence-electron chi connectivity index (χ2n) is 6.72. The van der Waals surface area contributed by atoms with Crippen molar-refractivity contribution in [2.24, 2.45) is 4.99 Å². The van der Waals surface area contributed by atoms with Gasteiger partial charge in [-0.3, -0.25) is 14.6 Å². The van der Waals surface area contributed by atoms with Crippen molar-refractivity contribution in [3.8, 4) is 0 Å². The van der Waals surface area contributed by atoms with E-state index in [1.165, 1.54) is 12.3 Å². The number of hydrogen-bond acceptors (Lipinski definition) is 4. The summed E-state index contributed by atoms with van der Waals surface area (Å²) in [6.07, 6.45) is 1.41. The lowest BCUT2D eigenvalue weighted by molar-refractivity contribution is 0.0992. The van der Waals surface area contributed by atoms with Gasteiger partial charge < -0.3 is 5.32 Å². The van der Waals surface area contributed by atoms with Crippen LogP contribution in [-0.4, -0.2) is 29.4 Å². The van der Waals surface area contributed by atoms with Crippen LogP contribution in [0.5, 0.6) is 0 Å². The van der Waals surface area contributed by atoms with Crippen LogP contribution in [0.15, 0.2) is 59.7 Å². The van der Waals surface area contributed by atoms with E-state index in [1.807, 2.05) is 6.92 Å². The van der Waals surface area contributed by atoms with Crippen molar-refractivity contribution in [3.05, 3.63) is 92.0 Å². The summed E-state index contributed by atoms with van der Waals surface area (Å²) in [7, 11) is 1.69. The predicted octanol–water partition coefficient (Wildman–Crippen LogP) is 6.16. The highest BCUT2D eigenvalue weighted by atomic mass is 35.5. The van der Waals surface area contributed by atoms with Crippen LogP contribution >= 0.6 is 34.8 Å². The molecule has 0 saturated heterocycles. The number of hydrogen-bond donors (Lipinski definition) is 1. The number of nitrogens with zero attached hydrogens (tertiary/aromatic N) is 2. The average Bonchev–Trinajstić information content (AvgIpc) is 2.75. The van der Waals surface area contributed by atoms with Crippen LogP contribution < -0.4 is 5.32 Å². The Balaban J connectivity index is 1.86. The maximum atomic E-state index is 12.9. The molecule has 0 bridgehead atoms. The van der Waals surface area contributed by atoms with Crippen LogP contribution in [0.2, 0.25) is 15.1 Å². The number of pyridine rings is 1. The van der Waals surface area contributed by atoms with E-state index < -0.39 is 5.91 Å². The third-order valence-electron chi connectivity index (χ3n) is 4.66. The first-order chi connectivity index (χ1) is 14.8. The number of benzene rings is 2. The Morgan fingerprint density at radius 3 is 2.35 bits per heavy atom. The van der Waals surface area contributed by atoms with Crippen molar-refractivity contribution >= 4 is 58.0 Å². The van der Waals surface area contributed by atoms with E-state index >= 15 is 0 Å². The van der Waals surface area contributed by atoms with E-state index in [9.17, 15) is 9.59 Å². The normalized spacial score (nSPS) is 11.3. The fourth-order valence-electron chi connectivity index (χ4n) is 2.91. The number of carbonyl (C=O) groups is 2. The summed E-state index contributed by atoms with van der Waals surface area (Å²) >= 11 is 18.3. The second-order valence-corrected chi connectivity index (χ2v) is 8.00. The number of nitrogens with one attached hydrogen (secondary N) is 1. The lowest BCUT2D eigenvalue weighted by Gasteiger charge is -2.11. The van der Waals surface area contributed by atoms with Crippen LogP contribution in [-0.2, 0) is 6.42 Å². The first-order valence-corrected chi connectivity index (χ1v) is 10.4. The Hall–Kier alpha value is -2.73. The van der Waals surface area contributed by atoms with Crippen LogP contribution in [0, 0.1) is 0 Å². The zero-order valence-corrected chi connectivity index (χ0v) is 19.0. The van der Waals surface area contributed by atoms with Gasteiger partial charge in [0.1, 0.15) is 5.82 Å². The Morgan fingerprint density at radius 1 is 0.968 bits per heavy atom. The Labute approximate surface area is 195 Å². The summed E-state index contributed by atoms with van der Waals surface area (Å²) in [5.74, 6) is -0.321. The van der Waals surface area contributed by atoms with E-state index in [1.54, 1.807) is 49.5 Å². The molecule has 0 atom stereocenters. The van der Waals surface area contributed by atoms with Gasteiger partial charge in [0.05, 0.1) is 10.0 Å². The summed E-state index contributed by atoms with van der Waals surface area (Å²) in [6, 6.07) is 13.2. The van der Waals surface area contributed by atoms with Crippen molar-refractivity contribution in [1.29, 1.82) is 0 Å². The number of Topliss-reactive ketones (excluding diaryl/α,β-unsaturated/α-hetero) is 1. The highest BCUT2D eigenvalue weighted by Gasteiger charge is 2.18. The SMILES string of the molecule is CN=C(C)c1ccc(C(=O)Cc2ccc(Cl)cc2C(=O)Nc2ccc(Cl)cn2)c(Cl)c1. The quantitative estimate of drug-likeness (QED) is 0.343. The van der Waals surface area contributed by atoms with Gasteiger partial charge in [0.2, 0.25) is 0 Å². The van der Waals surface area contributed by atoms with Crippen LogP contribution in [0.25, 0.3) is 0 Å². The number of aliphatic imine (C=N–C) groups is 1. The van der Waals surface area contributed by atoms with Gasteiger partial charge in [0.25, 0.3) is 5.91 Å². The minimum absolute atomic E-state index is 0.0200. The summed E-state index contributed by atoms with van der Waals surface area (Å²) in [6.45, 7) is 1.86. The lowest BCUT2D eigenvalue weighted by Crippen LogP contribution is -2.17. The molecule has 8 heteroatoms. The molecule has 0 aliphatic rings. The van der Waals surface area contributed by atoms with Crippen molar-refractivity contribution in [2.45, 2.75) is 13.3 Å². The molecule has 0 unspecified atom stereocenters. The third kappa shape index (κ3) is 5.70. The molecule has 1 N–H and O–H groups in total. The van der Waals surface area contributed by atoms with Gasteiger partial charge in [-0.2, -0.15) is 0 Å². The fourth-order valence-corrected chi connectivity index (χ4v) is 3.48. The van der Waals surface area contributed by atoms with Gasteiger partial charge in [-0.1, -0.05) is 46.9 Å². The standard InChI is InChI=1S/C23H18Cl3N3O2/c1-13(27-2)14-4-7-18(20(26)9-14)21(30)10-15-3-5-16(24)11-19(15)23(31)29-22-8-6-17(25)12-28-22/h3-9,11-12H,10H2,1-2H3,(H,28,29,31). The smallest absolute Gasteiger partial charge is 0.257 e. The fraction of sp³-hybridized carbons (Fsp3) is 0.130. The number of carbonyl (C=O) groups excluding carboxylic acids is 2. The highest BCUT2D eigenvalue weighted by molar-refractivity contribution is 6.34. The molecule has 0 saturated carbocycles. The average molecular weight is 475 g/mol. The monoisotopic (exact) mass is 473 g/mol. The Morgan fingerprint density at radius 2 is 1.71 bits per heavy atom. The number of ketones is 1. The summed E-state index contributed by atoms with van der Waals surface area (Å²) in [5.41, 5.74) is 2.82. The van der Waals surface area contributed by atoms with Crippen molar-refractivity contribution in [2.75, 3.05) is 12.4 Å². The molecule has 1 heterocycles. The van der Waals surface area contributed by atoms with Crippen molar-refractivity contribution in [3.63, 3.8) is 0 Å². The predicted molar refractivity (Wildman–Crippen MR) is 126 cm³/mol. The summed E-state index contributed by atoms with van der Waals surface area (Å²) in [4.78, 5) is 33.9. The van der Waals surface area contributed by atoms with E-state index in [2.05, 4.69) is 15.3 Å². The molecule has 31 heavy (non-hydrogen) atoms.